The molecule has 1 atom stereocenters. The van der Waals surface area contributed by atoms with Crippen molar-refractivity contribution in [2.45, 2.75) is 32.1 Å². The SMILES string of the molecule is COc1ccc(C(C)CCNC(=O)CCc2ccccc2N)cc1.Cl. The Hall–Kier alpha value is -2.20. The van der Waals surface area contributed by atoms with Crippen LogP contribution in [0.5, 0.6) is 5.75 Å². The third kappa shape index (κ3) is 6.67. The fourth-order valence-corrected chi connectivity index (χ4v) is 2.63. The van der Waals surface area contributed by atoms with Crippen molar-refractivity contribution < 1.29 is 9.53 Å². The molecule has 1 amide bonds. The molecule has 25 heavy (non-hydrogen) atoms. The first-order valence-corrected chi connectivity index (χ1v) is 8.34. The van der Waals surface area contributed by atoms with Gasteiger partial charge in [0.15, 0.2) is 0 Å². The molecule has 0 aliphatic heterocycles. The molecule has 3 N–H and O–H groups in total. The maximum atomic E-state index is 12.0. The topological polar surface area (TPSA) is 64.3 Å². The summed E-state index contributed by atoms with van der Waals surface area (Å²) in [6, 6.07) is 15.8. The molecule has 0 heterocycles. The summed E-state index contributed by atoms with van der Waals surface area (Å²) in [7, 11) is 1.66. The lowest BCUT2D eigenvalue weighted by Crippen LogP contribution is -2.25. The van der Waals surface area contributed by atoms with E-state index in [4.69, 9.17) is 10.5 Å². The van der Waals surface area contributed by atoms with Crippen molar-refractivity contribution in [3.63, 3.8) is 0 Å². The summed E-state index contributed by atoms with van der Waals surface area (Å²) in [5.74, 6) is 1.32. The van der Waals surface area contributed by atoms with Crippen LogP contribution in [0.2, 0.25) is 0 Å². The number of ether oxygens (including phenoxy) is 1. The Kier molecular flexibility index (Phi) is 8.86. The van der Waals surface area contributed by atoms with E-state index in [2.05, 4.69) is 24.4 Å². The normalized spacial score (nSPS) is 11.3. The van der Waals surface area contributed by atoms with Gasteiger partial charge in [0.25, 0.3) is 0 Å². The van der Waals surface area contributed by atoms with E-state index in [1.165, 1.54) is 5.56 Å². The van der Waals surface area contributed by atoms with E-state index in [0.29, 0.717) is 25.3 Å². The number of nitrogens with two attached hydrogens (primary N) is 1. The molecule has 2 rings (SSSR count). The maximum Gasteiger partial charge on any atom is 0.220 e. The third-order valence-corrected chi connectivity index (χ3v) is 4.26. The van der Waals surface area contributed by atoms with Crippen molar-refractivity contribution in [1.29, 1.82) is 0 Å². The second kappa shape index (κ2) is 10.6. The van der Waals surface area contributed by atoms with Gasteiger partial charge in [-0.2, -0.15) is 0 Å². The van der Waals surface area contributed by atoms with Gasteiger partial charge < -0.3 is 15.8 Å². The van der Waals surface area contributed by atoms with Gasteiger partial charge in [-0.25, -0.2) is 0 Å². The Morgan fingerprint density at radius 3 is 2.48 bits per heavy atom. The van der Waals surface area contributed by atoms with Crippen LogP contribution >= 0.6 is 12.4 Å². The smallest absolute Gasteiger partial charge is 0.220 e. The van der Waals surface area contributed by atoms with Gasteiger partial charge in [-0.05, 0) is 48.1 Å². The predicted molar refractivity (Wildman–Crippen MR) is 105 cm³/mol. The number of carbonyl (C=O) groups is 1. The summed E-state index contributed by atoms with van der Waals surface area (Å²) in [5.41, 5.74) is 8.92. The van der Waals surface area contributed by atoms with Gasteiger partial charge in [-0.15, -0.1) is 12.4 Å². The summed E-state index contributed by atoms with van der Waals surface area (Å²) in [5, 5.41) is 2.99. The van der Waals surface area contributed by atoms with E-state index in [0.717, 1.165) is 23.4 Å². The van der Waals surface area contributed by atoms with Crippen molar-refractivity contribution in [2.24, 2.45) is 0 Å². The minimum absolute atomic E-state index is 0. The Balaban J connectivity index is 0.00000312. The molecule has 136 valence electrons. The fourth-order valence-electron chi connectivity index (χ4n) is 2.63. The average Bonchev–Trinajstić information content (AvgIpc) is 2.61. The lowest BCUT2D eigenvalue weighted by Gasteiger charge is -2.13. The van der Waals surface area contributed by atoms with Crippen LogP contribution < -0.4 is 15.8 Å². The van der Waals surface area contributed by atoms with Gasteiger partial charge in [0, 0.05) is 18.7 Å². The summed E-state index contributed by atoms with van der Waals surface area (Å²) in [6.07, 6.45) is 2.04. The first kappa shape index (κ1) is 20.8. The number of rotatable bonds is 8. The molecule has 0 aromatic heterocycles. The fraction of sp³-hybridized carbons (Fsp3) is 0.350. The number of anilines is 1. The van der Waals surface area contributed by atoms with Crippen molar-refractivity contribution >= 4 is 24.0 Å². The standard InChI is InChI=1S/C20H26N2O2.ClH/c1-15(16-7-10-18(24-2)11-8-16)13-14-22-20(23)12-9-17-5-3-4-6-19(17)21;/h3-8,10-11,15H,9,12-14,21H2,1-2H3,(H,22,23);1H. The third-order valence-electron chi connectivity index (χ3n) is 4.26. The first-order valence-electron chi connectivity index (χ1n) is 8.34. The lowest BCUT2D eigenvalue weighted by molar-refractivity contribution is -0.121. The van der Waals surface area contributed by atoms with Gasteiger partial charge in [0.05, 0.1) is 7.11 Å². The number of carbonyl (C=O) groups excluding carboxylic acids is 1. The number of amides is 1. The molecule has 0 bridgehead atoms. The second-order valence-electron chi connectivity index (χ2n) is 6.01. The number of benzene rings is 2. The van der Waals surface area contributed by atoms with Gasteiger partial charge in [-0.3, -0.25) is 4.79 Å². The Bertz CT molecular complexity index is 659. The number of nitrogen functional groups attached to an aromatic ring is 1. The monoisotopic (exact) mass is 362 g/mol. The van der Waals surface area contributed by atoms with E-state index in [9.17, 15) is 4.79 Å². The summed E-state index contributed by atoms with van der Waals surface area (Å²) < 4.78 is 5.17. The Morgan fingerprint density at radius 2 is 1.84 bits per heavy atom. The molecule has 1 unspecified atom stereocenters. The average molecular weight is 363 g/mol. The Morgan fingerprint density at radius 1 is 1.16 bits per heavy atom. The predicted octanol–water partition coefficient (Wildman–Crippen LogP) is 3.94. The van der Waals surface area contributed by atoms with Crippen LogP contribution in [0.15, 0.2) is 48.5 Å². The minimum atomic E-state index is 0. The van der Waals surface area contributed by atoms with Crippen LogP contribution in [0.25, 0.3) is 0 Å². The van der Waals surface area contributed by atoms with E-state index in [1.807, 2.05) is 36.4 Å². The van der Waals surface area contributed by atoms with Crippen LogP contribution in [-0.2, 0) is 11.2 Å². The minimum Gasteiger partial charge on any atom is -0.497 e. The zero-order valence-corrected chi connectivity index (χ0v) is 15.6. The number of nitrogens with one attached hydrogen (secondary N) is 1. The molecule has 0 spiro atoms. The van der Waals surface area contributed by atoms with Crippen LogP contribution in [0.1, 0.15) is 36.8 Å². The van der Waals surface area contributed by atoms with E-state index in [1.54, 1.807) is 7.11 Å². The molecule has 0 fully saturated rings. The number of aryl methyl sites for hydroxylation is 1. The molecular formula is C20H27ClN2O2. The first-order chi connectivity index (χ1) is 11.6. The lowest BCUT2D eigenvalue weighted by atomic mass is 9.98. The van der Waals surface area contributed by atoms with Crippen molar-refractivity contribution in [3.05, 3.63) is 59.7 Å². The van der Waals surface area contributed by atoms with Crippen LogP contribution in [-0.4, -0.2) is 19.6 Å². The highest BCUT2D eigenvalue weighted by atomic mass is 35.5. The summed E-state index contributed by atoms with van der Waals surface area (Å²) in [4.78, 5) is 12.0. The number of hydrogen-bond donors (Lipinski definition) is 2. The highest BCUT2D eigenvalue weighted by molar-refractivity contribution is 5.85. The van der Waals surface area contributed by atoms with Gasteiger partial charge in [-0.1, -0.05) is 37.3 Å². The molecule has 2 aromatic rings. The van der Waals surface area contributed by atoms with E-state index in [-0.39, 0.29) is 18.3 Å². The second-order valence-corrected chi connectivity index (χ2v) is 6.01. The molecule has 0 saturated heterocycles. The molecule has 2 aromatic carbocycles. The largest absolute Gasteiger partial charge is 0.497 e. The van der Waals surface area contributed by atoms with Crippen LogP contribution in [0.3, 0.4) is 0 Å². The van der Waals surface area contributed by atoms with Crippen molar-refractivity contribution in [3.8, 4) is 5.75 Å². The highest BCUT2D eigenvalue weighted by Gasteiger charge is 2.08. The van der Waals surface area contributed by atoms with Gasteiger partial charge in [0.2, 0.25) is 5.91 Å². The molecule has 0 saturated carbocycles. The molecule has 4 nitrogen and oxygen atoms in total. The van der Waals surface area contributed by atoms with Gasteiger partial charge >= 0.3 is 0 Å². The Labute approximate surface area is 156 Å². The summed E-state index contributed by atoms with van der Waals surface area (Å²) in [6.45, 7) is 2.84. The number of halogens is 1. The maximum absolute atomic E-state index is 12.0. The molecular weight excluding hydrogens is 336 g/mol. The molecule has 0 aliphatic carbocycles. The van der Waals surface area contributed by atoms with Gasteiger partial charge in [0.1, 0.15) is 5.75 Å². The summed E-state index contributed by atoms with van der Waals surface area (Å²) >= 11 is 0. The zero-order chi connectivity index (χ0) is 17.4. The quantitative estimate of drug-likeness (QED) is 0.699. The van der Waals surface area contributed by atoms with Crippen LogP contribution in [0.4, 0.5) is 5.69 Å². The molecule has 0 radical (unpaired) electrons. The van der Waals surface area contributed by atoms with Crippen molar-refractivity contribution in [2.75, 3.05) is 19.4 Å². The number of hydrogen-bond acceptors (Lipinski definition) is 3. The molecule has 5 heteroatoms. The zero-order valence-electron chi connectivity index (χ0n) is 14.8. The van der Waals surface area contributed by atoms with E-state index >= 15 is 0 Å². The highest BCUT2D eigenvalue weighted by Crippen LogP contribution is 2.21. The van der Waals surface area contributed by atoms with Crippen molar-refractivity contribution in [1.82, 2.24) is 5.32 Å². The molecule has 0 aliphatic rings. The number of methoxy groups -OCH3 is 1. The van der Waals surface area contributed by atoms with E-state index < -0.39 is 0 Å². The van der Waals surface area contributed by atoms with Crippen LogP contribution in [0, 0.1) is 0 Å². The number of para-hydroxylation sites is 1.